The summed E-state index contributed by atoms with van der Waals surface area (Å²) in [6, 6.07) is 1.03. The Morgan fingerprint density at radius 3 is 2.38 bits per heavy atom. The lowest BCUT2D eigenvalue weighted by Crippen LogP contribution is -2.27. The molecule has 1 fully saturated rings. The summed E-state index contributed by atoms with van der Waals surface area (Å²) in [4.78, 5) is 0. The van der Waals surface area contributed by atoms with Crippen LogP contribution >= 0.6 is 0 Å². The average molecular weight is 299 g/mol. The normalized spacial score (nSPS) is 32.2. The van der Waals surface area contributed by atoms with Gasteiger partial charge in [-0.05, 0) is 68.0 Å². The molecule has 1 saturated carbocycles. The molecule has 2 aliphatic carbocycles. The molecule has 0 amide bonds. The van der Waals surface area contributed by atoms with Crippen LogP contribution in [0.2, 0.25) is 0 Å². The van der Waals surface area contributed by atoms with E-state index in [2.05, 4.69) is 0 Å². The zero-order valence-corrected chi connectivity index (χ0v) is 11.8. The first kappa shape index (κ1) is 14.9. The molecule has 0 aromatic heterocycles. The van der Waals surface area contributed by atoms with Crippen molar-refractivity contribution >= 4 is 0 Å². The van der Waals surface area contributed by atoms with Gasteiger partial charge in [-0.25, -0.2) is 13.2 Å². The quantitative estimate of drug-likeness (QED) is 0.824. The molecule has 3 N–H and O–H groups in total. The van der Waals surface area contributed by atoms with E-state index in [1.165, 1.54) is 0 Å². The van der Waals surface area contributed by atoms with Gasteiger partial charge in [-0.1, -0.05) is 0 Å². The van der Waals surface area contributed by atoms with Gasteiger partial charge in [-0.2, -0.15) is 0 Å². The summed E-state index contributed by atoms with van der Waals surface area (Å²) in [6.45, 7) is 0.672. The Morgan fingerprint density at radius 2 is 1.76 bits per heavy atom. The van der Waals surface area contributed by atoms with Gasteiger partial charge in [0.15, 0.2) is 17.5 Å². The maximum atomic E-state index is 13.9. The average Bonchev–Trinajstić information content (AvgIpc) is 2.82. The Balaban J connectivity index is 1.81. The predicted octanol–water partition coefficient (Wildman–Crippen LogP) is 3.07. The van der Waals surface area contributed by atoms with Gasteiger partial charge < -0.3 is 10.8 Å². The van der Waals surface area contributed by atoms with E-state index in [0.29, 0.717) is 24.4 Å². The van der Waals surface area contributed by atoms with Crippen molar-refractivity contribution in [1.29, 1.82) is 0 Å². The maximum Gasteiger partial charge on any atom is 0.194 e. The minimum atomic E-state index is -1.49. The molecular formula is C16H20F3NO. The lowest BCUT2D eigenvalue weighted by Gasteiger charge is -2.33. The van der Waals surface area contributed by atoms with E-state index in [0.717, 1.165) is 31.7 Å². The molecule has 1 aromatic rings. The van der Waals surface area contributed by atoms with E-state index < -0.39 is 23.6 Å². The second-order valence-electron chi connectivity index (χ2n) is 6.39. The Kier molecular flexibility index (Phi) is 3.97. The van der Waals surface area contributed by atoms with Crippen molar-refractivity contribution < 1.29 is 18.3 Å². The van der Waals surface area contributed by atoms with E-state index in [1.807, 2.05) is 0 Å². The fourth-order valence-corrected chi connectivity index (χ4v) is 4.00. The van der Waals surface area contributed by atoms with Crippen molar-refractivity contribution in [1.82, 2.24) is 0 Å². The molecule has 2 aliphatic rings. The van der Waals surface area contributed by atoms with Crippen LogP contribution in [-0.4, -0.2) is 11.7 Å². The summed E-state index contributed by atoms with van der Waals surface area (Å²) >= 11 is 0. The fraction of sp³-hybridized carbons (Fsp3) is 0.625. The van der Waals surface area contributed by atoms with E-state index >= 15 is 0 Å². The van der Waals surface area contributed by atoms with Gasteiger partial charge in [0.05, 0.1) is 6.10 Å². The first-order chi connectivity index (χ1) is 10.0. The number of halogens is 3. The summed E-state index contributed by atoms with van der Waals surface area (Å²) in [7, 11) is 0. The third kappa shape index (κ3) is 2.46. The number of nitrogens with two attached hydrogens (primary N) is 1. The molecule has 5 heteroatoms. The monoisotopic (exact) mass is 299 g/mol. The molecule has 1 aromatic carbocycles. The SMILES string of the molecule is NCC1CCC(C2Cc3cc(F)c(F)c(F)c3C2O)CC1. The van der Waals surface area contributed by atoms with E-state index in [1.54, 1.807) is 0 Å². The van der Waals surface area contributed by atoms with Crippen LogP contribution in [0.4, 0.5) is 13.2 Å². The third-order valence-electron chi connectivity index (χ3n) is 5.27. The Morgan fingerprint density at radius 1 is 1.10 bits per heavy atom. The van der Waals surface area contributed by atoms with E-state index in [9.17, 15) is 18.3 Å². The first-order valence-corrected chi connectivity index (χ1v) is 7.57. The van der Waals surface area contributed by atoms with Crippen molar-refractivity contribution in [3.8, 4) is 0 Å². The van der Waals surface area contributed by atoms with Crippen molar-refractivity contribution in [2.75, 3.05) is 6.54 Å². The van der Waals surface area contributed by atoms with Gasteiger partial charge in [0.2, 0.25) is 0 Å². The zero-order valence-electron chi connectivity index (χ0n) is 11.8. The Bertz CT molecular complexity index is 541. The maximum absolute atomic E-state index is 13.9. The van der Waals surface area contributed by atoms with Crippen LogP contribution in [0.3, 0.4) is 0 Å². The van der Waals surface area contributed by atoms with Crippen LogP contribution in [0.1, 0.15) is 42.9 Å². The van der Waals surface area contributed by atoms with Crippen LogP contribution in [-0.2, 0) is 6.42 Å². The highest BCUT2D eigenvalue weighted by atomic mass is 19.2. The standard InChI is InChI=1S/C16H20F3NO/c17-12-6-10-5-11(9-3-1-8(7-20)2-4-9)16(21)13(10)15(19)14(12)18/h6,8-9,11,16,21H,1-5,7,20H2. The summed E-state index contributed by atoms with van der Waals surface area (Å²) < 4.78 is 40.5. The molecule has 3 rings (SSSR count). The number of fused-ring (bicyclic) bond motifs is 1. The molecule has 21 heavy (non-hydrogen) atoms. The summed E-state index contributed by atoms with van der Waals surface area (Å²) in [6.07, 6.45) is 3.27. The minimum Gasteiger partial charge on any atom is -0.388 e. The smallest absolute Gasteiger partial charge is 0.194 e. The van der Waals surface area contributed by atoms with Crippen molar-refractivity contribution in [2.24, 2.45) is 23.5 Å². The molecule has 2 nitrogen and oxygen atoms in total. The summed E-state index contributed by atoms with van der Waals surface area (Å²) in [5.41, 5.74) is 6.03. The molecule has 0 aliphatic heterocycles. The van der Waals surface area contributed by atoms with Crippen LogP contribution in [0.25, 0.3) is 0 Å². The zero-order chi connectivity index (χ0) is 15.1. The fourth-order valence-electron chi connectivity index (χ4n) is 4.00. The topological polar surface area (TPSA) is 46.2 Å². The summed E-state index contributed by atoms with van der Waals surface area (Å²) in [5.74, 6) is -3.24. The van der Waals surface area contributed by atoms with Crippen molar-refractivity contribution in [3.63, 3.8) is 0 Å². The molecule has 2 atom stereocenters. The first-order valence-electron chi connectivity index (χ1n) is 7.57. The van der Waals surface area contributed by atoms with Crippen molar-refractivity contribution in [2.45, 2.75) is 38.2 Å². The molecule has 0 spiro atoms. The predicted molar refractivity (Wildman–Crippen MR) is 73.0 cm³/mol. The van der Waals surface area contributed by atoms with Gasteiger partial charge in [0.1, 0.15) is 0 Å². The number of rotatable bonds is 2. The molecule has 0 bridgehead atoms. The number of benzene rings is 1. The Hall–Kier alpha value is -1.07. The lowest BCUT2D eigenvalue weighted by atomic mass is 9.74. The highest BCUT2D eigenvalue weighted by Crippen LogP contribution is 2.47. The van der Waals surface area contributed by atoms with Crippen LogP contribution in [0, 0.1) is 35.2 Å². The molecule has 0 heterocycles. The van der Waals surface area contributed by atoms with E-state index in [-0.39, 0.29) is 17.4 Å². The van der Waals surface area contributed by atoms with E-state index in [4.69, 9.17) is 5.73 Å². The van der Waals surface area contributed by atoms with Crippen LogP contribution in [0.5, 0.6) is 0 Å². The molecule has 0 radical (unpaired) electrons. The second-order valence-corrected chi connectivity index (χ2v) is 6.39. The lowest BCUT2D eigenvalue weighted by molar-refractivity contribution is 0.0629. The van der Waals surface area contributed by atoms with Gasteiger partial charge in [-0.15, -0.1) is 0 Å². The largest absolute Gasteiger partial charge is 0.388 e. The molecular weight excluding hydrogens is 279 g/mol. The minimum absolute atomic E-state index is 0.0418. The third-order valence-corrected chi connectivity index (χ3v) is 5.27. The number of aliphatic hydroxyl groups excluding tert-OH is 1. The van der Waals surface area contributed by atoms with Gasteiger partial charge >= 0.3 is 0 Å². The summed E-state index contributed by atoms with van der Waals surface area (Å²) in [5, 5.41) is 10.4. The van der Waals surface area contributed by atoms with Gasteiger partial charge in [0, 0.05) is 5.56 Å². The molecule has 2 unspecified atom stereocenters. The van der Waals surface area contributed by atoms with Gasteiger partial charge in [0.25, 0.3) is 0 Å². The van der Waals surface area contributed by atoms with Gasteiger partial charge in [-0.3, -0.25) is 0 Å². The molecule has 0 saturated heterocycles. The molecule has 116 valence electrons. The van der Waals surface area contributed by atoms with Crippen LogP contribution in [0.15, 0.2) is 6.07 Å². The number of hydrogen-bond donors (Lipinski definition) is 2. The second kappa shape index (κ2) is 5.61. The van der Waals surface area contributed by atoms with Crippen molar-refractivity contribution in [3.05, 3.63) is 34.6 Å². The highest BCUT2D eigenvalue weighted by molar-refractivity contribution is 5.37. The number of aliphatic hydroxyl groups is 1. The van der Waals surface area contributed by atoms with Crippen LogP contribution < -0.4 is 5.73 Å². The Labute approximate surface area is 122 Å². The number of hydrogen-bond acceptors (Lipinski definition) is 2. The highest BCUT2D eigenvalue weighted by Gasteiger charge is 2.40.